The highest BCUT2D eigenvalue weighted by atomic mass is 32.2. The van der Waals surface area contributed by atoms with E-state index in [1.807, 2.05) is 0 Å². The molecule has 16 heavy (non-hydrogen) atoms. The van der Waals surface area contributed by atoms with Crippen molar-refractivity contribution in [2.75, 3.05) is 13.2 Å². The summed E-state index contributed by atoms with van der Waals surface area (Å²) in [7, 11) is 0. The van der Waals surface area contributed by atoms with E-state index in [9.17, 15) is 9.59 Å². The van der Waals surface area contributed by atoms with Gasteiger partial charge in [0.2, 0.25) is 0 Å². The highest BCUT2D eigenvalue weighted by molar-refractivity contribution is 8.13. The molecule has 0 aromatic carbocycles. The minimum absolute atomic E-state index is 0.285. The molecule has 0 unspecified atom stereocenters. The van der Waals surface area contributed by atoms with Crippen molar-refractivity contribution in [3.8, 4) is 0 Å². The van der Waals surface area contributed by atoms with Crippen molar-refractivity contribution >= 4 is 35.5 Å². The zero-order chi connectivity index (χ0) is 12.0. The number of ether oxygens (including phenoxy) is 2. The van der Waals surface area contributed by atoms with Crippen molar-refractivity contribution in [3.63, 3.8) is 0 Å². The Morgan fingerprint density at radius 1 is 1.00 bits per heavy atom. The van der Waals surface area contributed by atoms with Gasteiger partial charge < -0.3 is 9.47 Å². The second-order valence-electron chi connectivity index (χ2n) is 2.61. The number of hydrogen-bond acceptors (Lipinski definition) is 6. The fourth-order valence-corrected chi connectivity index (χ4v) is 2.67. The van der Waals surface area contributed by atoms with Crippen LogP contribution in [-0.2, 0) is 19.1 Å². The molecule has 0 radical (unpaired) electrons. The van der Waals surface area contributed by atoms with Gasteiger partial charge >= 0.3 is 11.9 Å². The summed E-state index contributed by atoms with van der Waals surface area (Å²) in [5.74, 6) is -0.959. The first kappa shape index (κ1) is 13.2. The Morgan fingerprint density at radius 2 is 1.38 bits per heavy atom. The lowest BCUT2D eigenvalue weighted by Crippen LogP contribution is -2.14. The first-order valence-electron chi connectivity index (χ1n) is 4.77. The third-order valence-corrected chi connectivity index (χ3v) is 3.61. The number of esters is 2. The van der Waals surface area contributed by atoms with Gasteiger partial charge in [0.25, 0.3) is 0 Å². The summed E-state index contributed by atoms with van der Waals surface area (Å²) >= 11 is 2.35. The molecule has 0 saturated carbocycles. The highest BCUT2D eigenvalue weighted by Gasteiger charge is 2.25. The molecule has 0 aromatic rings. The maximum atomic E-state index is 11.6. The first-order chi connectivity index (χ1) is 7.70. The van der Waals surface area contributed by atoms with Gasteiger partial charge in [0.15, 0.2) is 0 Å². The summed E-state index contributed by atoms with van der Waals surface area (Å²) in [5, 5.41) is 3.47. The largest absolute Gasteiger partial charge is 0.462 e. The van der Waals surface area contributed by atoms with E-state index in [1.54, 1.807) is 24.7 Å². The number of carbonyl (C=O) groups is 2. The van der Waals surface area contributed by atoms with E-state index >= 15 is 0 Å². The van der Waals surface area contributed by atoms with Crippen LogP contribution in [0.4, 0.5) is 0 Å². The summed E-state index contributed by atoms with van der Waals surface area (Å²) in [5.41, 5.74) is 0. The van der Waals surface area contributed by atoms with Gasteiger partial charge in [-0.1, -0.05) is 23.5 Å². The van der Waals surface area contributed by atoms with Crippen LogP contribution >= 0.6 is 23.5 Å². The first-order valence-corrected chi connectivity index (χ1v) is 6.53. The van der Waals surface area contributed by atoms with Crippen LogP contribution in [0.2, 0.25) is 0 Å². The van der Waals surface area contributed by atoms with Crippen LogP contribution in [0, 0.1) is 0 Å². The molecule has 4 nitrogen and oxygen atoms in total. The summed E-state index contributed by atoms with van der Waals surface area (Å²) in [6.45, 7) is 4.01. The maximum absolute atomic E-state index is 11.6. The molecule has 1 aliphatic heterocycles. The molecule has 0 saturated heterocycles. The number of carbonyl (C=O) groups excluding carboxylic acids is 2. The van der Waals surface area contributed by atoms with Gasteiger partial charge in [0.05, 0.1) is 13.2 Å². The predicted molar refractivity (Wildman–Crippen MR) is 64.6 cm³/mol. The van der Waals surface area contributed by atoms with E-state index in [1.165, 1.54) is 23.5 Å². The summed E-state index contributed by atoms with van der Waals surface area (Å²) in [4.78, 5) is 23.7. The molecule has 0 aromatic heterocycles. The van der Waals surface area contributed by atoms with Gasteiger partial charge in [-0.25, -0.2) is 9.59 Å². The van der Waals surface area contributed by atoms with E-state index in [0.29, 0.717) is 9.81 Å². The van der Waals surface area contributed by atoms with Crippen LogP contribution in [0.5, 0.6) is 0 Å². The van der Waals surface area contributed by atoms with Crippen molar-refractivity contribution in [2.24, 2.45) is 0 Å². The molecule has 88 valence electrons. The third-order valence-electron chi connectivity index (χ3n) is 1.56. The lowest BCUT2D eigenvalue weighted by molar-refractivity contribution is -0.140. The minimum Gasteiger partial charge on any atom is -0.462 e. The predicted octanol–water partition coefficient (Wildman–Crippen LogP) is 2.28. The number of rotatable bonds is 4. The van der Waals surface area contributed by atoms with Crippen molar-refractivity contribution in [1.82, 2.24) is 0 Å². The molecule has 1 rings (SSSR count). The summed E-state index contributed by atoms with van der Waals surface area (Å²) in [6, 6.07) is 0. The van der Waals surface area contributed by atoms with Crippen molar-refractivity contribution in [3.05, 3.63) is 20.6 Å². The van der Waals surface area contributed by atoms with Gasteiger partial charge in [-0.15, -0.1) is 0 Å². The Bertz CT molecular complexity index is 315. The van der Waals surface area contributed by atoms with E-state index in [0.717, 1.165) is 0 Å². The monoisotopic (exact) mass is 260 g/mol. The van der Waals surface area contributed by atoms with E-state index in [-0.39, 0.29) is 13.2 Å². The van der Waals surface area contributed by atoms with E-state index < -0.39 is 11.9 Å². The van der Waals surface area contributed by atoms with Crippen LogP contribution in [0.1, 0.15) is 13.8 Å². The average Bonchev–Trinajstić information content (AvgIpc) is 2.30. The van der Waals surface area contributed by atoms with Crippen LogP contribution in [0.3, 0.4) is 0 Å². The Balaban J connectivity index is 2.87. The van der Waals surface area contributed by atoms with Gasteiger partial charge in [-0.2, -0.15) is 0 Å². The maximum Gasteiger partial charge on any atom is 0.346 e. The Morgan fingerprint density at radius 3 is 1.69 bits per heavy atom. The summed E-state index contributed by atoms with van der Waals surface area (Å²) < 4.78 is 9.73. The topological polar surface area (TPSA) is 52.6 Å². The summed E-state index contributed by atoms with van der Waals surface area (Å²) in [6.07, 6.45) is 0. The third kappa shape index (κ3) is 3.31. The molecule has 1 heterocycles. The molecule has 0 fully saturated rings. The molecule has 0 spiro atoms. The number of hydrogen-bond donors (Lipinski definition) is 0. The number of thioether (sulfide) groups is 2. The standard InChI is InChI=1S/C10H12O4S2/c1-3-13-9(11)7-8(10(12)14-4-2)16-6-5-15-7/h5-6H,3-4H2,1-2H3. The average molecular weight is 260 g/mol. The zero-order valence-corrected chi connectivity index (χ0v) is 10.7. The van der Waals surface area contributed by atoms with Crippen LogP contribution < -0.4 is 0 Å². The lowest BCUT2D eigenvalue weighted by atomic mass is 10.5. The molecule has 0 atom stereocenters. The highest BCUT2D eigenvalue weighted by Crippen LogP contribution is 2.36. The van der Waals surface area contributed by atoms with Crippen LogP contribution in [-0.4, -0.2) is 25.2 Å². The SMILES string of the molecule is CCOC(=O)C1=C(C(=O)OCC)SC=CS1. The molecular formula is C10H12O4S2. The van der Waals surface area contributed by atoms with Gasteiger partial charge in [0, 0.05) is 0 Å². The molecular weight excluding hydrogens is 248 g/mol. The second-order valence-corrected chi connectivity index (χ2v) is 4.44. The van der Waals surface area contributed by atoms with E-state index in [2.05, 4.69) is 0 Å². The molecule has 0 bridgehead atoms. The molecule has 6 heteroatoms. The Hall–Kier alpha value is -0.880. The molecule has 0 amide bonds. The Kier molecular flexibility index (Phi) is 5.48. The molecule has 0 aliphatic carbocycles. The zero-order valence-electron chi connectivity index (χ0n) is 9.02. The van der Waals surface area contributed by atoms with Crippen LogP contribution in [0.25, 0.3) is 0 Å². The fourth-order valence-electron chi connectivity index (χ4n) is 0.974. The fraction of sp³-hybridized carbons (Fsp3) is 0.400. The van der Waals surface area contributed by atoms with Crippen molar-refractivity contribution < 1.29 is 19.1 Å². The van der Waals surface area contributed by atoms with E-state index in [4.69, 9.17) is 9.47 Å². The van der Waals surface area contributed by atoms with Crippen molar-refractivity contribution in [1.29, 1.82) is 0 Å². The smallest absolute Gasteiger partial charge is 0.346 e. The lowest BCUT2D eigenvalue weighted by Gasteiger charge is -2.12. The molecule has 1 aliphatic rings. The Labute approximate surface area is 102 Å². The minimum atomic E-state index is -0.479. The van der Waals surface area contributed by atoms with Gasteiger partial charge in [0.1, 0.15) is 9.81 Å². The van der Waals surface area contributed by atoms with Gasteiger partial charge in [-0.3, -0.25) is 0 Å². The quantitative estimate of drug-likeness (QED) is 0.723. The van der Waals surface area contributed by atoms with Gasteiger partial charge in [-0.05, 0) is 24.7 Å². The molecule has 0 N–H and O–H groups in total. The van der Waals surface area contributed by atoms with Crippen LogP contribution in [0.15, 0.2) is 20.6 Å². The second kappa shape index (κ2) is 6.65. The normalized spacial score (nSPS) is 14.9. The van der Waals surface area contributed by atoms with Crippen molar-refractivity contribution in [2.45, 2.75) is 13.8 Å².